The van der Waals surface area contributed by atoms with Crippen LogP contribution < -0.4 is 22.0 Å². The van der Waals surface area contributed by atoms with E-state index in [0.717, 1.165) is 24.3 Å². The Morgan fingerprint density at radius 3 is 1.51 bits per heavy atom. The van der Waals surface area contributed by atoms with Crippen LogP contribution in [0.5, 0.6) is 0 Å². The highest BCUT2D eigenvalue weighted by atomic mass is 79.9. The van der Waals surface area contributed by atoms with Crippen molar-refractivity contribution in [2.24, 2.45) is 10.8 Å². The molecular weight excluding hydrogens is 1050 g/mol. The Bertz CT molecular complexity index is 2710. The van der Waals surface area contributed by atoms with Crippen LogP contribution in [0, 0.1) is 0 Å². The minimum atomic E-state index is -1.64. The summed E-state index contributed by atoms with van der Waals surface area (Å²) >= 11 is 30.2. The number of hydrogen-bond donors (Lipinski definition) is 8. The number of carbonyl (C=O) groups is 5. The van der Waals surface area contributed by atoms with Gasteiger partial charge in [-0.25, -0.2) is 20.2 Å². The molecule has 6 aromatic rings. The molecule has 68 heavy (non-hydrogen) atoms. The van der Waals surface area contributed by atoms with Gasteiger partial charge >= 0.3 is 25.0 Å². The molecule has 0 saturated heterocycles. The Labute approximate surface area is 423 Å². The van der Waals surface area contributed by atoms with Gasteiger partial charge in [-0.1, -0.05) is 78.6 Å². The molecular formula is C44H41BBrCl3N4O13S2. The third-order valence-electron chi connectivity index (χ3n) is 8.05. The zero-order chi connectivity index (χ0) is 50.9. The van der Waals surface area contributed by atoms with Crippen LogP contribution in [0.3, 0.4) is 0 Å². The van der Waals surface area contributed by atoms with Crippen LogP contribution in [0.1, 0.15) is 84.6 Å². The Morgan fingerprint density at radius 1 is 0.706 bits per heavy atom. The van der Waals surface area contributed by atoms with E-state index in [1.807, 2.05) is 6.92 Å². The molecule has 0 saturated carbocycles. The molecule has 0 aliphatic heterocycles. The number of halogens is 4. The van der Waals surface area contributed by atoms with Crippen molar-refractivity contribution in [1.29, 1.82) is 0 Å². The molecule has 0 spiro atoms. The van der Waals surface area contributed by atoms with Crippen LogP contribution in [0.2, 0.25) is 15.1 Å². The summed E-state index contributed by atoms with van der Waals surface area (Å²) in [5.41, 5.74) is 3.80. The molecule has 9 N–H and O–H groups in total. The lowest BCUT2D eigenvalue weighted by Crippen LogP contribution is -2.39. The number of hydrogen-bond acceptors (Lipinski definition) is 14. The summed E-state index contributed by atoms with van der Waals surface area (Å²) in [5, 5.41) is 47.4. The second-order valence-electron chi connectivity index (χ2n) is 13.0. The van der Waals surface area contributed by atoms with Gasteiger partial charge in [-0.05, 0) is 120 Å². The number of aromatic carboxylic acids is 3. The number of thiocarbonyl (C=S) groups is 2. The van der Waals surface area contributed by atoms with Crippen LogP contribution in [-0.2, 0) is 0 Å². The topological polar surface area (TPSA) is 288 Å². The Kier molecular flexibility index (Phi) is 26.0. The standard InChI is InChI=1S/C17H16ClNO3S.C12H7ClO4.C7H6BClO4.C5H3BrO2.C3H9N3S/c1-2-3-13(23)10-19-9-12-5-7-16(22-12)11-4-6-14(17(20)21)15(18)8-11;13-10-5-7(1-3-9(10)12(15)16)11-4-2-8(6-14)17-11;9-6-3-4(8(12)13)1-2-5(6)7(10)11;6-5-2-1-4(3-7)8-5;1-2-5-3(7)6-4/h4-9H,2-3,10H2,1H3,(H,20,21);1-6H,(H,15,16);1-3,12-13H,(H,10,11);1-3H;2,4H2,1H3,(H2,5,6,7). The molecule has 24 heteroatoms. The van der Waals surface area contributed by atoms with Crippen molar-refractivity contribution >= 4 is 134 Å². The molecule has 0 bridgehead atoms. The molecule has 3 heterocycles. The first kappa shape index (κ1) is 58.1. The summed E-state index contributed by atoms with van der Waals surface area (Å²) in [6.07, 6.45) is 4.80. The minimum absolute atomic E-state index is 0.0156. The van der Waals surface area contributed by atoms with E-state index in [2.05, 4.69) is 50.8 Å². The number of carboxylic acid groups (broad SMARTS) is 3. The maximum atomic E-state index is 11.0. The number of benzene rings is 3. The Balaban J connectivity index is 0.000000311. The highest BCUT2D eigenvalue weighted by Gasteiger charge is 2.16. The summed E-state index contributed by atoms with van der Waals surface area (Å²) < 4.78 is 16.2. The molecule has 0 aliphatic carbocycles. The Morgan fingerprint density at radius 2 is 1.16 bits per heavy atom. The lowest BCUT2D eigenvalue weighted by Gasteiger charge is -2.02. The van der Waals surface area contributed by atoms with Crippen molar-refractivity contribution in [3.8, 4) is 22.6 Å². The lowest BCUT2D eigenvalue weighted by atomic mass is 9.80. The summed E-state index contributed by atoms with van der Waals surface area (Å²) in [7, 11) is -1.64. The minimum Gasteiger partial charge on any atom is -0.478 e. The van der Waals surface area contributed by atoms with Gasteiger partial charge in [0.05, 0.1) is 44.5 Å². The number of nitrogens with one attached hydrogen (secondary N) is 2. The fourth-order valence-corrected chi connectivity index (χ4v) is 6.43. The van der Waals surface area contributed by atoms with Crippen LogP contribution in [0.4, 0.5) is 0 Å². The SMILES string of the molecule is CCCC(=S)CN=Cc1ccc(-c2ccc(C(=O)O)c(Cl)c2)o1.CCNC(=S)NN.O=C(O)c1ccc(B(O)O)cc1Cl.O=Cc1ccc(-c2ccc(C(=O)O)c(Cl)c2)o1.O=Cc1ccc(Br)o1. The van der Waals surface area contributed by atoms with E-state index in [-0.39, 0.29) is 43.0 Å². The number of carbonyl (C=O) groups excluding carboxylic acids is 2. The van der Waals surface area contributed by atoms with Crippen molar-refractivity contribution in [2.45, 2.75) is 26.7 Å². The number of aliphatic imine (C=N–C) groups is 1. The van der Waals surface area contributed by atoms with E-state index in [1.54, 1.807) is 54.7 Å². The zero-order valence-corrected chi connectivity index (χ0v) is 41.1. The van der Waals surface area contributed by atoms with E-state index in [9.17, 15) is 24.0 Å². The van der Waals surface area contributed by atoms with Gasteiger partial charge in [0.15, 0.2) is 33.9 Å². The van der Waals surface area contributed by atoms with Gasteiger partial charge in [-0.15, -0.1) is 0 Å². The number of carboxylic acids is 3. The molecule has 3 aromatic carbocycles. The average molecular weight is 1100 g/mol. The maximum absolute atomic E-state index is 11.0. The number of nitrogens with two attached hydrogens (primary N) is 1. The van der Waals surface area contributed by atoms with Gasteiger partial charge in [0, 0.05) is 22.5 Å². The van der Waals surface area contributed by atoms with E-state index >= 15 is 0 Å². The maximum Gasteiger partial charge on any atom is 0.488 e. The van der Waals surface area contributed by atoms with Crippen molar-refractivity contribution in [1.82, 2.24) is 10.7 Å². The molecule has 6 rings (SSSR count). The summed E-state index contributed by atoms with van der Waals surface area (Å²) in [6.45, 7) is 5.35. The number of nitrogens with zero attached hydrogens (tertiary/aromatic N) is 1. The molecule has 17 nitrogen and oxygen atoms in total. The van der Waals surface area contributed by atoms with E-state index in [4.69, 9.17) is 91.5 Å². The van der Waals surface area contributed by atoms with E-state index < -0.39 is 25.0 Å². The van der Waals surface area contributed by atoms with Crippen molar-refractivity contribution in [3.63, 3.8) is 0 Å². The second-order valence-corrected chi connectivity index (χ2v) is 16.0. The lowest BCUT2D eigenvalue weighted by molar-refractivity contribution is 0.0686. The predicted octanol–water partition coefficient (Wildman–Crippen LogP) is 8.91. The van der Waals surface area contributed by atoms with Crippen LogP contribution in [0.25, 0.3) is 22.6 Å². The predicted molar refractivity (Wildman–Crippen MR) is 271 cm³/mol. The van der Waals surface area contributed by atoms with Crippen LogP contribution >= 0.6 is 75.2 Å². The first-order valence-corrected chi connectivity index (χ1v) is 22.1. The van der Waals surface area contributed by atoms with E-state index in [1.165, 1.54) is 42.5 Å². The fourth-order valence-electron chi connectivity index (χ4n) is 4.90. The summed E-state index contributed by atoms with van der Waals surface area (Å²) in [5.74, 6) is 3.83. The second kappa shape index (κ2) is 30.4. The van der Waals surface area contributed by atoms with E-state index in [0.29, 0.717) is 63.1 Å². The fraction of sp³-hybridized carbons (Fsp3) is 0.136. The zero-order valence-electron chi connectivity index (χ0n) is 35.7. The average Bonchev–Trinajstić information content (AvgIpc) is 4.09. The van der Waals surface area contributed by atoms with Gasteiger partial charge in [-0.3, -0.25) is 14.6 Å². The van der Waals surface area contributed by atoms with Gasteiger partial charge in [0.1, 0.15) is 17.3 Å². The third kappa shape index (κ3) is 20.1. The van der Waals surface area contributed by atoms with Crippen molar-refractivity contribution < 1.29 is 62.6 Å². The van der Waals surface area contributed by atoms with Crippen LogP contribution in [0.15, 0.2) is 114 Å². The number of furan rings is 3. The Hall–Kier alpha value is -6.01. The highest BCUT2D eigenvalue weighted by molar-refractivity contribution is 9.10. The molecule has 0 amide bonds. The molecule has 0 unspecified atom stereocenters. The molecule has 3 aromatic heterocycles. The van der Waals surface area contributed by atoms with Gasteiger partial charge < -0.3 is 49.4 Å². The van der Waals surface area contributed by atoms with Gasteiger partial charge in [-0.2, -0.15) is 0 Å². The highest BCUT2D eigenvalue weighted by Crippen LogP contribution is 2.28. The van der Waals surface area contributed by atoms with Gasteiger partial charge in [0.2, 0.25) is 0 Å². The first-order valence-electron chi connectivity index (χ1n) is 19.3. The largest absolute Gasteiger partial charge is 0.488 e. The number of rotatable bonds is 14. The summed E-state index contributed by atoms with van der Waals surface area (Å²) in [4.78, 5) is 57.8. The normalized spacial score (nSPS) is 10.0. The third-order valence-corrected chi connectivity index (χ3v) is 10.0. The molecule has 358 valence electrons. The quantitative estimate of drug-likeness (QED) is 0.0126. The van der Waals surface area contributed by atoms with Gasteiger partial charge in [0.25, 0.3) is 0 Å². The first-order chi connectivity index (χ1) is 32.3. The number of hydrazine groups is 1. The molecule has 0 radical (unpaired) electrons. The monoisotopic (exact) mass is 1090 g/mol. The molecule has 0 atom stereocenters. The number of aldehydes is 2. The van der Waals surface area contributed by atoms with Crippen LogP contribution in [-0.4, -0.2) is 92.2 Å². The molecule has 0 fully saturated rings. The van der Waals surface area contributed by atoms with Crippen molar-refractivity contribution in [2.75, 3.05) is 13.1 Å². The van der Waals surface area contributed by atoms with Crippen molar-refractivity contribution in [3.05, 3.63) is 145 Å². The smallest absolute Gasteiger partial charge is 0.478 e. The summed E-state index contributed by atoms with van der Waals surface area (Å²) in [6, 6.07) is 22.8. The molecule has 0 aliphatic rings.